The van der Waals surface area contributed by atoms with Crippen LogP contribution in [0, 0.1) is 12.7 Å². The number of aliphatic hydroxyl groups is 1. The smallest absolute Gasteiger partial charge is 0.258 e. The molecule has 1 aromatic heterocycles. The summed E-state index contributed by atoms with van der Waals surface area (Å²) in [5.74, 6) is -0.895. The summed E-state index contributed by atoms with van der Waals surface area (Å²) in [6, 6.07) is 7.79. The number of ether oxygens (including phenoxy) is 1. The maximum atomic E-state index is 13.3. The second-order valence-corrected chi connectivity index (χ2v) is 5.45. The average Bonchev–Trinajstić information content (AvgIpc) is 2.90. The highest BCUT2D eigenvalue weighted by Gasteiger charge is 2.13. The number of aliphatic hydroxyl groups excluding tert-OH is 1. The van der Waals surface area contributed by atoms with Crippen molar-refractivity contribution in [2.75, 3.05) is 13.2 Å². The summed E-state index contributed by atoms with van der Waals surface area (Å²) < 4.78 is 18.4. The Morgan fingerprint density at radius 2 is 2.19 bits per heavy atom. The van der Waals surface area contributed by atoms with Crippen molar-refractivity contribution in [3.05, 3.63) is 52.0 Å². The van der Waals surface area contributed by atoms with E-state index >= 15 is 0 Å². The summed E-state index contributed by atoms with van der Waals surface area (Å²) in [5.41, 5.74) is 0.990. The molecule has 0 aliphatic carbocycles. The van der Waals surface area contributed by atoms with Crippen LogP contribution in [0.5, 0.6) is 5.75 Å². The highest BCUT2D eigenvalue weighted by Crippen LogP contribution is 2.23. The number of halogens is 1. The van der Waals surface area contributed by atoms with Gasteiger partial charge >= 0.3 is 0 Å². The lowest BCUT2D eigenvalue weighted by Crippen LogP contribution is -2.32. The molecule has 21 heavy (non-hydrogen) atoms. The van der Waals surface area contributed by atoms with Crippen LogP contribution in [0.25, 0.3) is 0 Å². The zero-order chi connectivity index (χ0) is 15.2. The van der Waals surface area contributed by atoms with Crippen LogP contribution in [0.2, 0.25) is 0 Å². The zero-order valence-corrected chi connectivity index (χ0v) is 12.3. The normalized spacial score (nSPS) is 12.0. The molecule has 1 aromatic carbocycles. The molecule has 2 N–H and O–H groups in total. The van der Waals surface area contributed by atoms with E-state index < -0.39 is 17.8 Å². The van der Waals surface area contributed by atoms with Gasteiger partial charge in [0.2, 0.25) is 0 Å². The Labute approximate surface area is 126 Å². The van der Waals surface area contributed by atoms with Gasteiger partial charge in [0.1, 0.15) is 6.10 Å². The van der Waals surface area contributed by atoms with E-state index in [-0.39, 0.29) is 18.9 Å². The molecule has 6 heteroatoms. The number of hydrogen-bond donors (Lipinski definition) is 2. The Balaban J connectivity index is 1.78. The molecule has 112 valence electrons. The van der Waals surface area contributed by atoms with Crippen molar-refractivity contribution in [2.45, 2.75) is 13.0 Å². The molecule has 2 rings (SSSR count). The summed E-state index contributed by atoms with van der Waals surface area (Å²) >= 11 is 1.44. The number of para-hydroxylation sites is 1. The van der Waals surface area contributed by atoms with E-state index in [2.05, 4.69) is 5.32 Å². The van der Waals surface area contributed by atoms with Gasteiger partial charge in [-0.1, -0.05) is 12.1 Å². The highest BCUT2D eigenvalue weighted by molar-refractivity contribution is 7.10. The van der Waals surface area contributed by atoms with Crippen molar-refractivity contribution >= 4 is 17.2 Å². The largest absolute Gasteiger partial charge is 0.481 e. The Morgan fingerprint density at radius 3 is 2.86 bits per heavy atom. The molecule has 0 saturated heterocycles. The fraction of sp³-hybridized carbons (Fsp3) is 0.267. The SMILES string of the molecule is Cc1ccsc1C(O)CNC(=O)COc1ccccc1F. The molecule has 0 saturated carbocycles. The van der Waals surface area contributed by atoms with E-state index in [0.29, 0.717) is 0 Å². The lowest BCUT2D eigenvalue weighted by atomic mass is 10.2. The van der Waals surface area contributed by atoms with Crippen molar-refractivity contribution in [3.63, 3.8) is 0 Å². The van der Waals surface area contributed by atoms with Crippen LogP contribution >= 0.6 is 11.3 Å². The third-order valence-electron chi connectivity index (χ3n) is 2.89. The topological polar surface area (TPSA) is 58.6 Å². The van der Waals surface area contributed by atoms with Crippen LogP contribution in [0.3, 0.4) is 0 Å². The van der Waals surface area contributed by atoms with Gasteiger partial charge < -0.3 is 15.2 Å². The maximum absolute atomic E-state index is 13.3. The molecule has 2 aromatic rings. The summed E-state index contributed by atoms with van der Waals surface area (Å²) in [7, 11) is 0. The molecule has 0 aliphatic heterocycles. The first-order valence-electron chi connectivity index (χ1n) is 6.44. The molecule has 0 fully saturated rings. The van der Waals surface area contributed by atoms with E-state index in [9.17, 15) is 14.3 Å². The van der Waals surface area contributed by atoms with Crippen molar-refractivity contribution in [2.24, 2.45) is 0 Å². The number of hydrogen-bond acceptors (Lipinski definition) is 4. The van der Waals surface area contributed by atoms with Gasteiger partial charge in [0.15, 0.2) is 18.2 Å². The number of aryl methyl sites for hydroxylation is 1. The number of carbonyl (C=O) groups excluding carboxylic acids is 1. The van der Waals surface area contributed by atoms with Gasteiger partial charge in [0.25, 0.3) is 5.91 Å². The molecule has 0 radical (unpaired) electrons. The monoisotopic (exact) mass is 309 g/mol. The van der Waals surface area contributed by atoms with Gasteiger partial charge in [-0.15, -0.1) is 11.3 Å². The van der Waals surface area contributed by atoms with Crippen LogP contribution in [-0.2, 0) is 4.79 Å². The summed E-state index contributed by atoms with van der Waals surface area (Å²) in [5, 5.41) is 14.4. The second-order valence-electron chi connectivity index (χ2n) is 4.51. The third kappa shape index (κ3) is 4.27. The van der Waals surface area contributed by atoms with Crippen LogP contribution in [-0.4, -0.2) is 24.2 Å². The molecule has 0 aliphatic rings. The zero-order valence-electron chi connectivity index (χ0n) is 11.5. The van der Waals surface area contributed by atoms with Crippen LogP contribution in [0.4, 0.5) is 4.39 Å². The molecular weight excluding hydrogens is 293 g/mol. The van der Waals surface area contributed by atoms with Gasteiger partial charge in [0.05, 0.1) is 0 Å². The lowest BCUT2D eigenvalue weighted by molar-refractivity contribution is -0.123. The van der Waals surface area contributed by atoms with Gasteiger partial charge in [0, 0.05) is 11.4 Å². The molecule has 1 heterocycles. The van der Waals surface area contributed by atoms with Gasteiger partial charge in [-0.25, -0.2) is 4.39 Å². The Morgan fingerprint density at radius 1 is 1.43 bits per heavy atom. The number of thiophene rings is 1. The first-order valence-corrected chi connectivity index (χ1v) is 7.32. The predicted molar refractivity (Wildman–Crippen MR) is 78.9 cm³/mol. The second kappa shape index (κ2) is 7.19. The first-order chi connectivity index (χ1) is 10.1. The van der Waals surface area contributed by atoms with E-state index in [1.165, 1.54) is 23.5 Å². The van der Waals surface area contributed by atoms with Crippen LogP contribution in [0.1, 0.15) is 16.5 Å². The number of amides is 1. The fourth-order valence-electron chi connectivity index (χ4n) is 1.79. The summed E-state index contributed by atoms with van der Waals surface area (Å²) in [6.07, 6.45) is -0.748. The van der Waals surface area contributed by atoms with Crippen molar-refractivity contribution in [1.29, 1.82) is 0 Å². The quantitative estimate of drug-likeness (QED) is 0.861. The lowest BCUT2D eigenvalue weighted by Gasteiger charge is -2.12. The van der Waals surface area contributed by atoms with Gasteiger partial charge in [-0.2, -0.15) is 0 Å². The minimum atomic E-state index is -0.748. The molecule has 4 nitrogen and oxygen atoms in total. The van der Waals surface area contributed by atoms with E-state index in [4.69, 9.17) is 4.74 Å². The van der Waals surface area contributed by atoms with Crippen LogP contribution in [0.15, 0.2) is 35.7 Å². The van der Waals surface area contributed by atoms with E-state index in [1.54, 1.807) is 12.1 Å². The minimum Gasteiger partial charge on any atom is -0.481 e. The number of nitrogens with one attached hydrogen (secondary N) is 1. The number of carbonyl (C=O) groups is 1. The highest BCUT2D eigenvalue weighted by atomic mass is 32.1. The minimum absolute atomic E-state index is 0.0299. The van der Waals surface area contributed by atoms with Gasteiger partial charge in [-0.3, -0.25) is 4.79 Å². The molecular formula is C15H16FNO3S. The van der Waals surface area contributed by atoms with Gasteiger partial charge in [-0.05, 0) is 36.1 Å². The Bertz CT molecular complexity index is 614. The Hall–Kier alpha value is -1.92. The average molecular weight is 309 g/mol. The van der Waals surface area contributed by atoms with Crippen LogP contribution < -0.4 is 10.1 Å². The van der Waals surface area contributed by atoms with Crippen molar-refractivity contribution in [3.8, 4) is 5.75 Å². The molecule has 0 bridgehead atoms. The number of rotatable bonds is 6. The first kappa shape index (κ1) is 15.5. The molecule has 1 amide bonds. The Kier molecular flexibility index (Phi) is 5.30. The third-order valence-corrected chi connectivity index (χ3v) is 4.01. The van der Waals surface area contributed by atoms with Crippen molar-refractivity contribution < 1.29 is 19.0 Å². The van der Waals surface area contributed by atoms with E-state index in [1.807, 2.05) is 18.4 Å². The standard InChI is InChI=1S/C15H16FNO3S/c1-10-6-7-21-15(10)12(18)8-17-14(19)9-20-13-5-3-2-4-11(13)16/h2-7,12,18H,8-9H2,1H3,(H,17,19). The predicted octanol–water partition coefficient (Wildman–Crippen LogP) is 2.42. The van der Waals surface area contributed by atoms with E-state index in [0.717, 1.165) is 10.4 Å². The summed E-state index contributed by atoms with van der Waals surface area (Å²) in [6.45, 7) is 1.70. The molecule has 1 atom stereocenters. The maximum Gasteiger partial charge on any atom is 0.258 e. The molecule has 0 spiro atoms. The number of benzene rings is 1. The fourth-order valence-corrected chi connectivity index (χ4v) is 2.70. The molecule has 1 unspecified atom stereocenters. The summed E-state index contributed by atoms with van der Waals surface area (Å²) in [4.78, 5) is 12.4. The van der Waals surface area contributed by atoms with Crippen molar-refractivity contribution in [1.82, 2.24) is 5.32 Å².